The van der Waals surface area contributed by atoms with Crippen molar-refractivity contribution in [2.75, 3.05) is 4.90 Å². The van der Waals surface area contributed by atoms with Gasteiger partial charge in [0, 0.05) is 23.0 Å². The number of nitrogens with one attached hydrogen (secondary N) is 2. The van der Waals surface area contributed by atoms with Gasteiger partial charge in [-0.1, -0.05) is 80.4 Å². The van der Waals surface area contributed by atoms with Gasteiger partial charge in [0.2, 0.25) is 0 Å². The average molecular weight is 565 g/mol. The van der Waals surface area contributed by atoms with E-state index in [-0.39, 0.29) is 17.2 Å². The lowest BCUT2D eigenvalue weighted by Crippen LogP contribution is -2.45. The molecule has 42 heavy (non-hydrogen) atoms. The summed E-state index contributed by atoms with van der Waals surface area (Å²) in [5.74, 6) is -2.54. The number of imide groups is 1. The molecule has 1 fully saturated rings. The van der Waals surface area contributed by atoms with E-state index in [1.165, 1.54) is 6.07 Å². The molecule has 0 bridgehead atoms. The molecule has 4 unspecified atom stereocenters. The van der Waals surface area contributed by atoms with Crippen LogP contribution in [0.4, 0.5) is 10.5 Å². The summed E-state index contributed by atoms with van der Waals surface area (Å²) in [6.45, 7) is 5.59. The highest BCUT2D eigenvalue weighted by Crippen LogP contribution is 2.45. The molecule has 0 radical (unpaired) electrons. The number of para-hydroxylation sites is 2. The van der Waals surface area contributed by atoms with Gasteiger partial charge in [-0.15, -0.1) is 0 Å². The van der Waals surface area contributed by atoms with E-state index in [2.05, 4.69) is 10.3 Å². The third-order valence-corrected chi connectivity index (χ3v) is 8.60. The van der Waals surface area contributed by atoms with E-state index in [9.17, 15) is 24.3 Å². The highest BCUT2D eigenvalue weighted by Gasteiger charge is 2.53. The lowest BCUT2D eigenvalue weighted by molar-refractivity contribution is -0.140. The number of urea groups is 1. The van der Waals surface area contributed by atoms with E-state index < -0.39 is 41.9 Å². The van der Waals surface area contributed by atoms with Gasteiger partial charge in [-0.3, -0.25) is 14.5 Å². The largest absolute Gasteiger partial charge is 0.480 e. The van der Waals surface area contributed by atoms with E-state index in [4.69, 9.17) is 0 Å². The Hall–Kier alpha value is -4.92. The molecule has 9 nitrogen and oxygen atoms in total. The van der Waals surface area contributed by atoms with Gasteiger partial charge in [0.1, 0.15) is 18.1 Å². The number of nitrogens with zero attached hydrogens (tertiary/aromatic N) is 2. The lowest BCUT2D eigenvalue weighted by atomic mass is 9.88. The average Bonchev–Trinajstić information content (AvgIpc) is 3.48. The molecule has 4 amide bonds. The molecule has 9 heteroatoms. The first kappa shape index (κ1) is 27.3. The Bertz CT molecular complexity index is 1730. The molecule has 3 aromatic carbocycles. The summed E-state index contributed by atoms with van der Waals surface area (Å²) in [4.78, 5) is 60.0. The van der Waals surface area contributed by atoms with Crippen LogP contribution in [0.25, 0.3) is 10.9 Å². The normalized spacial score (nSPS) is 19.4. The van der Waals surface area contributed by atoms with E-state index in [1.807, 2.05) is 62.4 Å². The zero-order chi connectivity index (χ0) is 29.7. The number of aromatic nitrogens is 1. The first-order valence-corrected chi connectivity index (χ1v) is 14.2. The van der Waals surface area contributed by atoms with Crippen LogP contribution in [0.1, 0.15) is 59.1 Å². The standard InChI is InChI=1S/C33H32N4O5/c1-4-19(3)27(32(40)41)35-30(38)22-10-6-8-12-25(22)37-31(39)26-17-23-21-9-5-7-11-24(21)34-28(23)29(36(26)33(37)42)20-15-13-18(2)14-16-20/h5-16,19,26-27,29,34H,4,17H2,1-3H3,(H,35,38)(H,40,41). The molecule has 0 aliphatic carbocycles. The number of aliphatic carboxylic acids is 1. The Morgan fingerprint density at radius 2 is 1.71 bits per heavy atom. The molecular weight excluding hydrogens is 532 g/mol. The monoisotopic (exact) mass is 564 g/mol. The maximum Gasteiger partial charge on any atom is 0.332 e. The van der Waals surface area contributed by atoms with Crippen LogP contribution in [0.5, 0.6) is 0 Å². The Labute approximate surface area is 243 Å². The third kappa shape index (κ3) is 4.32. The summed E-state index contributed by atoms with van der Waals surface area (Å²) < 4.78 is 0. The fourth-order valence-electron chi connectivity index (χ4n) is 6.15. The molecule has 4 aromatic rings. The number of carbonyl (C=O) groups excluding carboxylic acids is 3. The minimum Gasteiger partial charge on any atom is -0.480 e. The summed E-state index contributed by atoms with van der Waals surface area (Å²) in [5, 5.41) is 13.3. The van der Waals surface area contributed by atoms with Crippen LogP contribution in [0.3, 0.4) is 0 Å². The molecule has 0 spiro atoms. The van der Waals surface area contributed by atoms with Gasteiger partial charge < -0.3 is 15.4 Å². The maximum atomic E-state index is 14.3. The molecular formula is C33H32N4O5. The Morgan fingerprint density at radius 1 is 1.02 bits per heavy atom. The van der Waals surface area contributed by atoms with E-state index in [1.54, 1.807) is 30.0 Å². The van der Waals surface area contributed by atoms with Crippen LogP contribution in [0, 0.1) is 12.8 Å². The molecule has 3 N–H and O–H groups in total. The predicted octanol–water partition coefficient (Wildman–Crippen LogP) is 5.19. The molecule has 6 rings (SSSR count). The maximum absolute atomic E-state index is 14.3. The minimum atomic E-state index is -1.14. The minimum absolute atomic E-state index is 0.0597. The highest BCUT2D eigenvalue weighted by atomic mass is 16.4. The number of benzene rings is 3. The van der Waals surface area contributed by atoms with Crippen molar-refractivity contribution in [1.82, 2.24) is 15.2 Å². The first-order chi connectivity index (χ1) is 20.2. The van der Waals surface area contributed by atoms with Crippen molar-refractivity contribution in [2.24, 2.45) is 5.92 Å². The smallest absolute Gasteiger partial charge is 0.332 e. The quantitative estimate of drug-likeness (QED) is 0.267. The number of aryl methyl sites for hydroxylation is 1. The second kappa shape index (κ2) is 10.5. The van der Waals surface area contributed by atoms with Gasteiger partial charge in [-0.25, -0.2) is 14.5 Å². The van der Waals surface area contributed by atoms with Crippen molar-refractivity contribution in [3.63, 3.8) is 0 Å². The number of carboxylic acid groups (broad SMARTS) is 1. The van der Waals surface area contributed by atoms with Crippen molar-refractivity contribution in [3.8, 4) is 0 Å². The SMILES string of the molecule is CCC(C)C(NC(=O)c1ccccc1N1C(=O)C2Cc3c([nH]c4ccccc34)C(c3ccc(C)cc3)N2C1=O)C(=O)O. The van der Waals surface area contributed by atoms with Crippen LogP contribution in [-0.2, 0) is 16.0 Å². The summed E-state index contributed by atoms with van der Waals surface area (Å²) in [6.07, 6.45) is 0.875. The van der Waals surface area contributed by atoms with Gasteiger partial charge in [0.25, 0.3) is 11.8 Å². The molecule has 3 heterocycles. The van der Waals surface area contributed by atoms with Gasteiger partial charge in [0.15, 0.2) is 0 Å². The number of carbonyl (C=O) groups is 4. The van der Waals surface area contributed by atoms with Crippen LogP contribution < -0.4 is 10.2 Å². The molecule has 1 saturated heterocycles. The number of rotatable bonds is 7. The van der Waals surface area contributed by atoms with Gasteiger partial charge in [-0.05, 0) is 42.2 Å². The number of carboxylic acids is 1. The van der Waals surface area contributed by atoms with E-state index in [0.29, 0.717) is 12.8 Å². The Kier molecular flexibility index (Phi) is 6.80. The van der Waals surface area contributed by atoms with Gasteiger partial charge in [0.05, 0.1) is 11.3 Å². The van der Waals surface area contributed by atoms with Crippen molar-refractivity contribution in [3.05, 3.63) is 101 Å². The molecule has 2 aliphatic heterocycles. The molecule has 214 valence electrons. The summed E-state index contributed by atoms with van der Waals surface area (Å²) >= 11 is 0. The number of fused-ring (bicyclic) bond motifs is 4. The van der Waals surface area contributed by atoms with Crippen LogP contribution in [0.2, 0.25) is 0 Å². The first-order valence-electron chi connectivity index (χ1n) is 14.2. The van der Waals surface area contributed by atoms with Gasteiger partial charge in [-0.2, -0.15) is 0 Å². The van der Waals surface area contributed by atoms with Crippen LogP contribution in [0.15, 0.2) is 72.8 Å². The fourth-order valence-corrected chi connectivity index (χ4v) is 6.15. The molecule has 4 atom stereocenters. The topological polar surface area (TPSA) is 123 Å². The fraction of sp³-hybridized carbons (Fsp3) is 0.273. The van der Waals surface area contributed by atoms with E-state index in [0.717, 1.165) is 38.2 Å². The highest BCUT2D eigenvalue weighted by molar-refractivity contribution is 6.24. The van der Waals surface area contributed by atoms with Gasteiger partial charge >= 0.3 is 12.0 Å². The van der Waals surface area contributed by atoms with Crippen molar-refractivity contribution in [1.29, 1.82) is 0 Å². The van der Waals surface area contributed by atoms with E-state index >= 15 is 0 Å². The summed E-state index contributed by atoms with van der Waals surface area (Å²) in [5.41, 5.74) is 4.92. The van der Waals surface area contributed by atoms with Crippen molar-refractivity contribution < 1.29 is 24.3 Å². The van der Waals surface area contributed by atoms with Crippen molar-refractivity contribution >= 4 is 40.4 Å². The zero-order valence-corrected chi connectivity index (χ0v) is 23.6. The second-order valence-electron chi connectivity index (χ2n) is 11.2. The van der Waals surface area contributed by atoms with Crippen LogP contribution >= 0.6 is 0 Å². The lowest BCUT2D eigenvalue weighted by Gasteiger charge is -2.36. The number of hydrogen-bond acceptors (Lipinski definition) is 4. The summed E-state index contributed by atoms with van der Waals surface area (Å²) in [6, 6.07) is 19.2. The molecule has 0 saturated carbocycles. The van der Waals surface area contributed by atoms with Crippen molar-refractivity contribution in [2.45, 2.75) is 51.7 Å². The predicted molar refractivity (Wildman–Crippen MR) is 158 cm³/mol. The number of H-pyrrole nitrogens is 1. The second-order valence-corrected chi connectivity index (χ2v) is 11.2. The molecule has 2 aliphatic rings. The number of aromatic amines is 1. The number of amides is 4. The Balaban J connectivity index is 1.43. The number of anilines is 1. The zero-order valence-electron chi connectivity index (χ0n) is 23.6. The summed E-state index contributed by atoms with van der Waals surface area (Å²) in [7, 11) is 0. The van der Waals surface area contributed by atoms with Crippen LogP contribution in [-0.4, -0.2) is 50.9 Å². The Morgan fingerprint density at radius 3 is 2.43 bits per heavy atom. The third-order valence-electron chi connectivity index (χ3n) is 8.60. The molecule has 1 aromatic heterocycles. The number of hydrogen-bond donors (Lipinski definition) is 3.